The molecular formula is C22H27FN2O. The monoisotopic (exact) mass is 354 g/mol. The molecule has 26 heavy (non-hydrogen) atoms. The molecule has 0 bridgehead atoms. The maximum Gasteiger partial charge on any atom is 0.234 e. The fourth-order valence-corrected chi connectivity index (χ4v) is 3.85. The van der Waals surface area contributed by atoms with Gasteiger partial charge >= 0.3 is 0 Å². The lowest BCUT2D eigenvalue weighted by atomic mass is 9.96. The molecule has 0 aromatic heterocycles. The van der Waals surface area contributed by atoms with Gasteiger partial charge in [0, 0.05) is 6.04 Å². The summed E-state index contributed by atoms with van der Waals surface area (Å²) in [6.07, 6.45) is 2.12. The molecule has 1 aliphatic carbocycles. The number of aryl methyl sites for hydroxylation is 1. The van der Waals surface area contributed by atoms with Gasteiger partial charge in [-0.3, -0.25) is 9.69 Å². The molecule has 138 valence electrons. The molecule has 2 unspecified atom stereocenters. The molecule has 1 N–H and O–H groups in total. The Morgan fingerprint density at radius 2 is 1.88 bits per heavy atom. The molecule has 2 atom stereocenters. The van der Waals surface area contributed by atoms with Crippen LogP contribution in [-0.2, 0) is 11.2 Å². The number of hydrogen-bond donors (Lipinski definition) is 1. The number of likely N-dealkylation sites (N-methyl/N-ethyl adjacent to an activating group) is 1. The van der Waals surface area contributed by atoms with E-state index in [-0.39, 0.29) is 23.7 Å². The molecule has 0 radical (unpaired) electrons. The Kier molecular flexibility index (Phi) is 5.72. The van der Waals surface area contributed by atoms with Gasteiger partial charge in [0.05, 0.1) is 12.6 Å². The molecular weight excluding hydrogens is 327 g/mol. The van der Waals surface area contributed by atoms with Crippen LogP contribution in [0.25, 0.3) is 0 Å². The van der Waals surface area contributed by atoms with E-state index in [1.54, 1.807) is 12.1 Å². The highest BCUT2D eigenvalue weighted by atomic mass is 19.1. The van der Waals surface area contributed by atoms with Gasteiger partial charge in [0.1, 0.15) is 5.82 Å². The van der Waals surface area contributed by atoms with Crippen LogP contribution in [0.15, 0.2) is 48.5 Å². The number of fused-ring (bicyclic) bond motifs is 1. The van der Waals surface area contributed by atoms with Gasteiger partial charge < -0.3 is 5.32 Å². The molecule has 0 aliphatic heterocycles. The van der Waals surface area contributed by atoms with Crippen LogP contribution < -0.4 is 5.32 Å². The second-order valence-electron chi connectivity index (χ2n) is 7.51. The lowest BCUT2D eigenvalue weighted by Crippen LogP contribution is -2.39. The van der Waals surface area contributed by atoms with Crippen LogP contribution in [0.1, 0.15) is 49.0 Å². The summed E-state index contributed by atoms with van der Waals surface area (Å²) in [5, 5.41) is 3.13. The largest absolute Gasteiger partial charge is 0.348 e. The number of nitrogens with zero attached hydrogens (tertiary/aromatic N) is 1. The van der Waals surface area contributed by atoms with Gasteiger partial charge in [-0.2, -0.15) is 0 Å². The Bertz CT molecular complexity index is 757. The van der Waals surface area contributed by atoms with Gasteiger partial charge in [-0.25, -0.2) is 4.39 Å². The molecule has 4 heteroatoms. The minimum Gasteiger partial charge on any atom is -0.348 e. The molecule has 1 amide bonds. The van der Waals surface area contributed by atoms with Crippen molar-refractivity contribution >= 4 is 5.91 Å². The Morgan fingerprint density at radius 3 is 2.58 bits per heavy atom. The summed E-state index contributed by atoms with van der Waals surface area (Å²) in [6.45, 7) is 4.47. The first-order valence-corrected chi connectivity index (χ1v) is 9.28. The topological polar surface area (TPSA) is 32.3 Å². The predicted molar refractivity (Wildman–Crippen MR) is 102 cm³/mol. The van der Waals surface area contributed by atoms with E-state index in [1.165, 1.54) is 23.3 Å². The van der Waals surface area contributed by atoms with E-state index in [9.17, 15) is 9.18 Å². The van der Waals surface area contributed by atoms with Gasteiger partial charge in [0.2, 0.25) is 5.91 Å². The third-order valence-corrected chi connectivity index (χ3v) is 5.24. The molecule has 0 fully saturated rings. The van der Waals surface area contributed by atoms with Crippen molar-refractivity contribution in [3.63, 3.8) is 0 Å². The Balaban J connectivity index is 1.64. The van der Waals surface area contributed by atoms with E-state index in [2.05, 4.69) is 48.3 Å². The van der Waals surface area contributed by atoms with Gasteiger partial charge in [-0.05, 0) is 54.6 Å². The molecule has 0 saturated carbocycles. The lowest BCUT2D eigenvalue weighted by molar-refractivity contribution is -0.123. The number of carbonyl (C=O) groups excluding carboxylic acids is 1. The molecule has 0 heterocycles. The minimum absolute atomic E-state index is 0.0000869. The van der Waals surface area contributed by atoms with Crippen LogP contribution in [0, 0.1) is 11.7 Å². The van der Waals surface area contributed by atoms with E-state index in [0.717, 1.165) is 18.4 Å². The van der Waals surface area contributed by atoms with Crippen molar-refractivity contribution in [3.05, 3.63) is 71.0 Å². The highest BCUT2D eigenvalue weighted by Crippen LogP contribution is 2.34. The Hall–Kier alpha value is -2.20. The van der Waals surface area contributed by atoms with Crippen LogP contribution >= 0.6 is 0 Å². The van der Waals surface area contributed by atoms with Crippen molar-refractivity contribution in [1.29, 1.82) is 0 Å². The summed E-state index contributed by atoms with van der Waals surface area (Å²) in [6, 6.07) is 15.0. The van der Waals surface area contributed by atoms with Gasteiger partial charge in [0.25, 0.3) is 0 Å². The third kappa shape index (κ3) is 4.13. The Morgan fingerprint density at radius 1 is 1.19 bits per heavy atom. The maximum atomic E-state index is 13.2. The zero-order chi connectivity index (χ0) is 18.7. The molecule has 1 aliphatic rings. The maximum absolute atomic E-state index is 13.2. The fourth-order valence-electron chi connectivity index (χ4n) is 3.85. The minimum atomic E-state index is -0.262. The molecule has 2 aromatic rings. The normalized spacial score (nSPS) is 17.4. The average molecular weight is 354 g/mol. The van der Waals surface area contributed by atoms with Crippen LogP contribution in [0.4, 0.5) is 4.39 Å². The second-order valence-corrected chi connectivity index (χ2v) is 7.51. The highest BCUT2D eigenvalue weighted by Gasteiger charge is 2.27. The number of hydrogen-bond acceptors (Lipinski definition) is 2. The van der Waals surface area contributed by atoms with Gasteiger partial charge in [-0.1, -0.05) is 50.2 Å². The Labute approximate surface area is 155 Å². The summed E-state index contributed by atoms with van der Waals surface area (Å²) in [5.41, 5.74) is 3.65. The number of benzene rings is 2. The van der Waals surface area contributed by atoms with Crippen molar-refractivity contribution in [3.8, 4) is 0 Å². The fraction of sp³-hybridized carbons (Fsp3) is 0.409. The summed E-state index contributed by atoms with van der Waals surface area (Å²) >= 11 is 0. The number of halogens is 1. The SMILES string of the molecule is CC(C)C(NC(=O)CN(C)C1CCc2ccccc21)c1ccc(F)cc1. The first-order valence-electron chi connectivity index (χ1n) is 9.28. The van der Waals surface area contributed by atoms with E-state index in [0.29, 0.717) is 12.6 Å². The standard InChI is InChI=1S/C22H27FN2O/c1-15(2)22(17-8-11-18(23)12-9-17)24-21(26)14-25(3)20-13-10-16-6-4-5-7-19(16)20/h4-9,11-12,15,20,22H,10,13-14H2,1-3H3,(H,24,26). The van der Waals surface area contributed by atoms with E-state index in [1.807, 2.05) is 7.05 Å². The van der Waals surface area contributed by atoms with Crippen LogP contribution in [0.2, 0.25) is 0 Å². The summed E-state index contributed by atoms with van der Waals surface area (Å²) in [5.74, 6) is -0.0379. The number of rotatable bonds is 6. The number of amides is 1. The summed E-state index contributed by atoms with van der Waals surface area (Å²) < 4.78 is 13.2. The highest BCUT2D eigenvalue weighted by molar-refractivity contribution is 5.78. The van der Waals surface area contributed by atoms with E-state index < -0.39 is 0 Å². The second kappa shape index (κ2) is 8.00. The number of nitrogens with one attached hydrogen (secondary N) is 1. The van der Waals surface area contributed by atoms with E-state index >= 15 is 0 Å². The van der Waals surface area contributed by atoms with Crippen molar-refractivity contribution in [1.82, 2.24) is 10.2 Å². The van der Waals surface area contributed by atoms with E-state index in [4.69, 9.17) is 0 Å². The average Bonchev–Trinajstić information content (AvgIpc) is 3.04. The first kappa shape index (κ1) is 18.6. The van der Waals surface area contributed by atoms with Crippen molar-refractivity contribution < 1.29 is 9.18 Å². The van der Waals surface area contributed by atoms with Crippen LogP contribution in [-0.4, -0.2) is 24.4 Å². The molecule has 0 saturated heterocycles. The molecule has 3 nitrogen and oxygen atoms in total. The third-order valence-electron chi connectivity index (χ3n) is 5.24. The smallest absolute Gasteiger partial charge is 0.234 e. The zero-order valence-electron chi connectivity index (χ0n) is 15.7. The molecule has 0 spiro atoms. The summed E-state index contributed by atoms with van der Waals surface area (Å²) in [4.78, 5) is 14.8. The zero-order valence-corrected chi connectivity index (χ0v) is 15.7. The van der Waals surface area contributed by atoms with Crippen LogP contribution in [0.5, 0.6) is 0 Å². The van der Waals surface area contributed by atoms with Crippen LogP contribution in [0.3, 0.4) is 0 Å². The quantitative estimate of drug-likeness (QED) is 0.841. The predicted octanol–water partition coefficient (Wildman–Crippen LogP) is 4.26. The van der Waals surface area contributed by atoms with Gasteiger partial charge in [0.15, 0.2) is 0 Å². The number of carbonyl (C=O) groups is 1. The van der Waals surface area contributed by atoms with Crippen molar-refractivity contribution in [2.45, 2.75) is 38.8 Å². The summed E-state index contributed by atoms with van der Waals surface area (Å²) in [7, 11) is 2.01. The molecule has 3 rings (SSSR count). The van der Waals surface area contributed by atoms with Crippen molar-refractivity contribution in [2.24, 2.45) is 5.92 Å². The first-order chi connectivity index (χ1) is 12.5. The van der Waals surface area contributed by atoms with Crippen molar-refractivity contribution in [2.75, 3.05) is 13.6 Å². The molecule has 2 aromatic carbocycles. The van der Waals surface area contributed by atoms with Gasteiger partial charge in [-0.15, -0.1) is 0 Å². The lowest BCUT2D eigenvalue weighted by Gasteiger charge is -2.27.